The third-order valence-corrected chi connectivity index (χ3v) is 5.35. The molecule has 1 fully saturated rings. The third kappa shape index (κ3) is 2.82. The van der Waals surface area contributed by atoms with Crippen LogP contribution in [-0.4, -0.2) is 31.2 Å². The van der Waals surface area contributed by atoms with Gasteiger partial charge in [-0.15, -0.1) is 0 Å². The summed E-state index contributed by atoms with van der Waals surface area (Å²) < 4.78 is 1.95. The van der Waals surface area contributed by atoms with E-state index in [0.29, 0.717) is 6.04 Å². The van der Waals surface area contributed by atoms with Crippen LogP contribution in [0, 0.1) is 0 Å². The van der Waals surface area contributed by atoms with E-state index in [1.807, 2.05) is 11.7 Å². The predicted octanol–water partition coefficient (Wildman–Crippen LogP) is 2.92. The molecule has 3 heterocycles. The average molecular weight is 313 g/mol. The molecule has 4 rings (SSSR count). The topological polar surface area (TPSA) is 49.7 Å². The van der Waals surface area contributed by atoms with Gasteiger partial charge in [-0.25, -0.2) is 4.98 Å². The SMILES string of the molecule is CCc1nn(C)cc1CN1CCC[C@@H]1c1nc2c([nH]1)CCCC2. The van der Waals surface area contributed by atoms with Gasteiger partial charge < -0.3 is 4.98 Å². The fourth-order valence-corrected chi connectivity index (χ4v) is 4.19. The zero-order valence-electron chi connectivity index (χ0n) is 14.3. The monoisotopic (exact) mass is 313 g/mol. The minimum atomic E-state index is 0.450. The van der Waals surface area contributed by atoms with E-state index in [1.54, 1.807) is 0 Å². The first kappa shape index (κ1) is 14.9. The second-order valence-corrected chi connectivity index (χ2v) is 7.01. The van der Waals surface area contributed by atoms with Crippen LogP contribution in [0.3, 0.4) is 0 Å². The van der Waals surface area contributed by atoms with Crippen molar-refractivity contribution in [2.45, 2.75) is 64.5 Å². The van der Waals surface area contributed by atoms with Crippen molar-refractivity contribution >= 4 is 0 Å². The molecule has 0 aromatic carbocycles. The van der Waals surface area contributed by atoms with Crippen LogP contribution in [0.4, 0.5) is 0 Å². The Morgan fingerprint density at radius 1 is 1.26 bits per heavy atom. The van der Waals surface area contributed by atoms with Crippen molar-refractivity contribution in [2.75, 3.05) is 6.54 Å². The average Bonchev–Trinajstić information content (AvgIpc) is 3.24. The molecule has 2 aliphatic rings. The number of imidazole rings is 1. The predicted molar refractivity (Wildman–Crippen MR) is 90.2 cm³/mol. The molecule has 0 bridgehead atoms. The van der Waals surface area contributed by atoms with Crippen LogP contribution in [0.1, 0.15) is 67.1 Å². The van der Waals surface area contributed by atoms with Crippen molar-refractivity contribution in [3.05, 3.63) is 34.7 Å². The smallest absolute Gasteiger partial charge is 0.124 e. The standard InChI is InChI=1S/C18H27N5/c1-3-14-13(11-22(2)21-14)12-23-10-6-9-17(23)18-19-15-7-4-5-8-16(15)20-18/h11,17H,3-10,12H2,1-2H3,(H,19,20)/t17-/m1/s1. The van der Waals surface area contributed by atoms with Crippen LogP contribution < -0.4 is 0 Å². The first-order chi connectivity index (χ1) is 11.2. The molecule has 1 aliphatic heterocycles. The minimum Gasteiger partial charge on any atom is -0.344 e. The van der Waals surface area contributed by atoms with E-state index in [9.17, 15) is 0 Å². The molecule has 0 saturated carbocycles. The second-order valence-electron chi connectivity index (χ2n) is 7.01. The summed E-state index contributed by atoms with van der Waals surface area (Å²) in [4.78, 5) is 11.2. The van der Waals surface area contributed by atoms with Gasteiger partial charge in [0.1, 0.15) is 5.82 Å². The summed E-state index contributed by atoms with van der Waals surface area (Å²) in [5, 5.41) is 4.59. The number of H-pyrrole nitrogens is 1. The van der Waals surface area contributed by atoms with Crippen LogP contribution in [0.2, 0.25) is 0 Å². The van der Waals surface area contributed by atoms with E-state index in [0.717, 1.165) is 25.9 Å². The van der Waals surface area contributed by atoms with Gasteiger partial charge in [-0.2, -0.15) is 5.10 Å². The molecule has 124 valence electrons. The minimum absolute atomic E-state index is 0.450. The van der Waals surface area contributed by atoms with Gasteiger partial charge in [0, 0.05) is 31.0 Å². The summed E-state index contributed by atoms with van der Waals surface area (Å²) in [6.07, 6.45) is 10.6. The second kappa shape index (κ2) is 6.11. The lowest BCUT2D eigenvalue weighted by atomic mass is 10.0. The van der Waals surface area contributed by atoms with Crippen molar-refractivity contribution in [3.8, 4) is 0 Å². The number of hydrogen-bond acceptors (Lipinski definition) is 3. The lowest BCUT2D eigenvalue weighted by Crippen LogP contribution is -2.24. The zero-order valence-corrected chi connectivity index (χ0v) is 14.3. The number of fused-ring (bicyclic) bond motifs is 1. The highest BCUT2D eigenvalue weighted by atomic mass is 15.3. The number of likely N-dealkylation sites (tertiary alicyclic amines) is 1. The maximum absolute atomic E-state index is 4.95. The van der Waals surface area contributed by atoms with Gasteiger partial charge in [0.05, 0.1) is 17.4 Å². The summed E-state index contributed by atoms with van der Waals surface area (Å²) in [6.45, 7) is 4.34. The van der Waals surface area contributed by atoms with Crippen LogP contribution in [0.5, 0.6) is 0 Å². The van der Waals surface area contributed by atoms with Crippen molar-refractivity contribution in [3.63, 3.8) is 0 Å². The van der Waals surface area contributed by atoms with Gasteiger partial charge >= 0.3 is 0 Å². The molecule has 1 N–H and O–H groups in total. The van der Waals surface area contributed by atoms with E-state index >= 15 is 0 Å². The number of aryl methyl sites for hydroxylation is 4. The summed E-state index contributed by atoms with van der Waals surface area (Å²) in [5.41, 5.74) is 5.33. The Hall–Kier alpha value is -1.62. The number of aromatic amines is 1. The highest BCUT2D eigenvalue weighted by Crippen LogP contribution is 2.33. The summed E-state index contributed by atoms with van der Waals surface area (Å²) in [5.74, 6) is 1.20. The van der Waals surface area contributed by atoms with E-state index < -0.39 is 0 Å². The molecule has 2 aromatic heterocycles. The van der Waals surface area contributed by atoms with Gasteiger partial charge in [-0.05, 0) is 51.5 Å². The molecule has 23 heavy (non-hydrogen) atoms. The largest absolute Gasteiger partial charge is 0.344 e. The molecule has 5 nitrogen and oxygen atoms in total. The highest BCUT2D eigenvalue weighted by molar-refractivity contribution is 5.21. The fraction of sp³-hybridized carbons (Fsp3) is 0.667. The molecule has 1 atom stereocenters. The maximum Gasteiger partial charge on any atom is 0.124 e. The molecule has 1 saturated heterocycles. The Balaban J connectivity index is 1.55. The van der Waals surface area contributed by atoms with Crippen molar-refractivity contribution in [2.24, 2.45) is 7.05 Å². The first-order valence-corrected chi connectivity index (χ1v) is 9.07. The van der Waals surface area contributed by atoms with Crippen LogP contribution in [0.15, 0.2) is 6.20 Å². The number of hydrogen-bond donors (Lipinski definition) is 1. The molecular formula is C18H27N5. The molecule has 0 unspecified atom stereocenters. The van der Waals surface area contributed by atoms with Crippen molar-refractivity contribution in [1.29, 1.82) is 0 Å². The molecule has 5 heteroatoms. The molecular weight excluding hydrogens is 286 g/mol. The normalized spacial score (nSPS) is 21.7. The lowest BCUT2D eigenvalue weighted by Gasteiger charge is -2.22. The number of nitrogens with zero attached hydrogens (tertiary/aromatic N) is 4. The van der Waals surface area contributed by atoms with Crippen LogP contribution in [-0.2, 0) is 32.9 Å². The molecule has 0 radical (unpaired) electrons. The lowest BCUT2D eigenvalue weighted by molar-refractivity contribution is 0.240. The van der Waals surface area contributed by atoms with E-state index in [4.69, 9.17) is 4.98 Å². The molecule has 1 aliphatic carbocycles. The zero-order chi connectivity index (χ0) is 15.8. The molecule has 2 aromatic rings. The summed E-state index contributed by atoms with van der Waals surface area (Å²) >= 11 is 0. The number of aromatic nitrogens is 4. The molecule has 0 spiro atoms. The number of rotatable bonds is 4. The Labute approximate surface area is 138 Å². The van der Waals surface area contributed by atoms with Gasteiger partial charge in [0.25, 0.3) is 0 Å². The quantitative estimate of drug-likeness (QED) is 0.944. The van der Waals surface area contributed by atoms with Crippen molar-refractivity contribution in [1.82, 2.24) is 24.6 Å². The van der Waals surface area contributed by atoms with E-state index in [-0.39, 0.29) is 0 Å². The van der Waals surface area contributed by atoms with Gasteiger partial charge in [0.2, 0.25) is 0 Å². The Bertz CT molecular complexity index is 660. The van der Waals surface area contributed by atoms with E-state index in [2.05, 4.69) is 28.1 Å². The van der Waals surface area contributed by atoms with Crippen molar-refractivity contribution < 1.29 is 0 Å². The molecule has 0 amide bonds. The third-order valence-electron chi connectivity index (χ3n) is 5.35. The first-order valence-electron chi connectivity index (χ1n) is 9.07. The van der Waals surface area contributed by atoms with Crippen LogP contribution in [0.25, 0.3) is 0 Å². The van der Waals surface area contributed by atoms with Gasteiger partial charge in [-0.3, -0.25) is 9.58 Å². The number of nitrogens with one attached hydrogen (secondary N) is 1. The summed E-state index contributed by atoms with van der Waals surface area (Å²) in [7, 11) is 2.02. The maximum atomic E-state index is 4.95. The summed E-state index contributed by atoms with van der Waals surface area (Å²) in [6, 6.07) is 0.450. The van der Waals surface area contributed by atoms with Crippen LogP contribution >= 0.6 is 0 Å². The van der Waals surface area contributed by atoms with Gasteiger partial charge in [-0.1, -0.05) is 6.92 Å². The van der Waals surface area contributed by atoms with Gasteiger partial charge in [0.15, 0.2) is 0 Å². The Morgan fingerprint density at radius 3 is 2.96 bits per heavy atom. The highest BCUT2D eigenvalue weighted by Gasteiger charge is 2.30. The Morgan fingerprint density at radius 2 is 2.13 bits per heavy atom. The van der Waals surface area contributed by atoms with E-state index in [1.165, 1.54) is 60.6 Å². The fourth-order valence-electron chi connectivity index (χ4n) is 4.19. The Kier molecular flexibility index (Phi) is 3.97.